The fourth-order valence-corrected chi connectivity index (χ4v) is 1.00. The number of nitrogens with zero attached hydrogens (tertiary/aromatic N) is 1. The van der Waals surface area contributed by atoms with Crippen LogP contribution in [0.25, 0.3) is 0 Å². The summed E-state index contributed by atoms with van der Waals surface area (Å²) < 4.78 is 31.6. The van der Waals surface area contributed by atoms with E-state index < -0.39 is 10.4 Å². The summed E-state index contributed by atoms with van der Waals surface area (Å²) in [4.78, 5) is 3.79. The van der Waals surface area contributed by atoms with Gasteiger partial charge >= 0.3 is 10.4 Å². The van der Waals surface area contributed by atoms with Gasteiger partial charge in [-0.3, -0.25) is 14.1 Å². The molecule has 8 heteroatoms. The van der Waals surface area contributed by atoms with Crippen molar-refractivity contribution >= 4 is 16.4 Å². The molecule has 0 saturated carbocycles. The predicted molar refractivity (Wildman–Crippen MR) is 56.8 cm³/mol. The molecule has 88 valence electrons. The Kier molecular flexibility index (Phi) is 5.90. The second-order valence-electron chi connectivity index (χ2n) is 2.80. The van der Waals surface area contributed by atoms with Crippen LogP contribution in [0, 0.1) is 0 Å². The first-order chi connectivity index (χ1) is 6.83. The highest BCUT2D eigenvalue weighted by Crippen LogP contribution is 2.13. The Balaban J connectivity index is 0.000000336. The predicted octanol–water partition coefficient (Wildman–Crippen LogP) is -0.0645. The van der Waals surface area contributed by atoms with E-state index in [1.54, 1.807) is 7.05 Å². The normalized spacial score (nSPS) is 16.5. The van der Waals surface area contributed by atoms with Crippen molar-refractivity contribution in [1.82, 2.24) is 5.32 Å². The molecule has 1 aliphatic carbocycles. The van der Waals surface area contributed by atoms with Crippen LogP contribution >= 0.6 is 0 Å². The number of nitrogens with two attached hydrogens (primary N) is 1. The summed E-state index contributed by atoms with van der Waals surface area (Å²) in [5.74, 6) is 0.508. The summed E-state index contributed by atoms with van der Waals surface area (Å²) in [6, 6.07) is 0. The van der Waals surface area contributed by atoms with Crippen LogP contribution < -0.4 is 11.1 Å². The highest BCUT2D eigenvalue weighted by Gasteiger charge is 2.03. The Hall–Kier alpha value is -1.12. The number of nitrogens with one attached hydrogen (secondary N) is 1. The van der Waals surface area contributed by atoms with Crippen LogP contribution in [-0.4, -0.2) is 30.5 Å². The van der Waals surface area contributed by atoms with Gasteiger partial charge in [-0.25, -0.2) is 0 Å². The van der Waals surface area contributed by atoms with E-state index >= 15 is 0 Å². The number of rotatable bonds is 1. The Morgan fingerprint density at radius 1 is 1.60 bits per heavy atom. The topological polar surface area (TPSA) is 125 Å². The molecule has 7 nitrogen and oxygen atoms in total. The number of guanidine groups is 1. The van der Waals surface area contributed by atoms with Gasteiger partial charge in [-0.05, 0) is 19.3 Å². The van der Waals surface area contributed by atoms with Crippen molar-refractivity contribution in [2.24, 2.45) is 10.7 Å². The monoisotopic (exact) mass is 237 g/mol. The van der Waals surface area contributed by atoms with Crippen molar-refractivity contribution in [3.8, 4) is 0 Å². The van der Waals surface area contributed by atoms with Crippen molar-refractivity contribution in [1.29, 1.82) is 0 Å². The minimum Gasteiger partial charge on any atom is -0.370 e. The van der Waals surface area contributed by atoms with Crippen molar-refractivity contribution in [2.75, 3.05) is 7.05 Å². The standard InChI is InChI=1S/C7H13N3.H2O4S/c1-9-7(8)10-6-4-2-3-5-6;1-5(2,3)4/h4H,2-3,5H2,1H3,(H3,8,9,10);(H2,1,2,3,4). The molecule has 0 aromatic heterocycles. The average Bonchev–Trinajstić information content (AvgIpc) is 2.53. The summed E-state index contributed by atoms with van der Waals surface area (Å²) in [6.45, 7) is 0. The van der Waals surface area contributed by atoms with Gasteiger partial charge in [-0.1, -0.05) is 6.08 Å². The summed E-state index contributed by atoms with van der Waals surface area (Å²) in [5, 5.41) is 3.02. The van der Waals surface area contributed by atoms with E-state index in [-0.39, 0.29) is 0 Å². The summed E-state index contributed by atoms with van der Waals surface area (Å²) >= 11 is 0. The molecular weight excluding hydrogens is 222 g/mol. The highest BCUT2D eigenvalue weighted by molar-refractivity contribution is 7.79. The largest absolute Gasteiger partial charge is 0.394 e. The van der Waals surface area contributed by atoms with Crippen LogP contribution in [0.2, 0.25) is 0 Å². The molecule has 0 unspecified atom stereocenters. The zero-order valence-electron chi connectivity index (χ0n) is 8.34. The lowest BCUT2D eigenvalue weighted by Gasteiger charge is -2.03. The lowest BCUT2D eigenvalue weighted by molar-refractivity contribution is 0.381. The Labute approximate surface area is 88.7 Å². The molecule has 0 radical (unpaired) electrons. The van der Waals surface area contributed by atoms with Crippen molar-refractivity contribution in [3.05, 3.63) is 11.8 Å². The maximum atomic E-state index is 8.74. The Morgan fingerprint density at radius 2 is 2.13 bits per heavy atom. The van der Waals surface area contributed by atoms with Crippen LogP contribution in [0.4, 0.5) is 0 Å². The van der Waals surface area contributed by atoms with Gasteiger partial charge in [0.05, 0.1) is 0 Å². The molecule has 0 heterocycles. The van der Waals surface area contributed by atoms with Gasteiger partial charge in [-0.15, -0.1) is 0 Å². The van der Waals surface area contributed by atoms with Gasteiger partial charge in [0.2, 0.25) is 0 Å². The summed E-state index contributed by atoms with van der Waals surface area (Å²) in [6.07, 6.45) is 5.67. The Bertz CT molecular complexity index is 339. The van der Waals surface area contributed by atoms with E-state index in [2.05, 4.69) is 16.4 Å². The molecule has 0 aliphatic heterocycles. The van der Waals surface area contributed by atoms with E-state index in [4.69, 9.17) is 23.3 Å². The molecule has 0 atom stereocenters. The number of hydrogen-bond acceptors (Lipinski definition) is 3. The van der Waals surface area contributed by atoms with E-state index in [9.17, 15) is 0 Å². The number of allylic oxidation sites excluding steroid dienone is 2. The van der Waals surface area contributed by atoms with Crippen molar-refractivity contribution < 1.29 is 17.5 Å². The quantitative estimate of drug-likeness (QED) is 0.287. The maximum absolute atomic E-state index is 8.74. The minimum atomic E-state index is -4.67. The summed E-state index contributed by atoms with van der Waals surface area (Å²) in [7, 11) is -2.99. The third-order valence-corrected chi connectivity index (χ3v) is 1.57. The van der Waals surface area contributed by atoms with Crippen LogP contribution in [-0.2, 0) is 10.4 Å². The van der Waals surface area contributed by atoms with Gasteiger partial charge in [0.25, 0.3) is 0 Å². The summed E-state index contributed by atoms with van der Waals surface area (Å²) in [5.41, 5.74) is 6.66. The molecule has 15 heavy (non-hydrogen) atoms. The molecule has 1 aliphatic rings. The molecule has 5 N–H and O–H groups in total. The molecule has 0 aromatic rings. The van der Waals surface area contributed by atoms with Crippen molar-refractivity contribution in [2.45, 2.75) is 19.3 Å². The van der Waals surface area contributed by atoms with E-state index in [0.717, 1.165) is 6.42 Å². The molecule has 0 fully saturated rings. The molecule has 0 aromatic carbocycles. The maximum Gasteiger partial charge on any atom is 0.394 e. The first kappa shape index (κ1) is 13.9. The van der Waals surface area contributed by atoms with Crippen molar-refractivity contribution in [3.63, 3.8) is 0 Å². The second kappa shape index (κ2) is 6.38. The fraction of sp³-hybridized carbons (Fsp3) is 0.571. The molecular formula is C7H15N3O4S. The lowest BCUT2D eigenvalue weighted by atomic mass is 10.3. The Morgan fingerprint density at radius 3 is 2.47 bits per heavy atom. The first-order valence-electron chi connectivity index (χ1n) is 4.21. The van der Waals surface area contributed by atoms with Crippen LogP contribution in [0.1, 0.15) is 19.3 Å². The highest BCUT2D eigenvalue weighted by atomic mass is 32.3. The molecule has 0 amide bonds. The third kappa shape index (κ3) is 10.8. The second-order valence-corrected chi connectivity index (χ2v) is 3.70. The minimum absolute atomic E-state index is 0.508. The van der Waals surface area contributed by atoms with Crippen LogP contribution in [0.5, 0.6) is 0 Å². The first-order valence-corrected chi connectivity index (χ1v) is 5.61. The number of aliphatic imine (C=N–C) groups is 1. The fourth-order valence-electron chi connectivity index (χ4n) is 1.00. The average molecular weight is 237 g/mol. The lowest BCUT2D eigenvalue weighted by Crippen LogP contribution is -2.30. The van der Waals surface area contributed by atoms with E-state index in [0.29, 0.717) is 5.96 Å². The zero-order valence-corrected chi connectivity index (χ0v) is 9.16. The van der Waals surface area contributed by atoms with E-state index in [1.807, 2.05) is 0 Å². The zero-order chi connectivity index (χ0) is 11.9. The van der Waals surface area contributed by atoms with Gasteiger partial charge < -0.3 is 11.1 Å². The third-order valence-electron chi connectivity index (χ3n) is 1.57. The van der Waals surface area contributed by atoms with Gasteiger partial charge in [-0.2, -0.15) is 8.42 Å². The van der Waals surface area contributed by atoms with Gasteiger partial charge in [0.15, 0.2) is 5.96 Å². The van der Waals surface area contributed by atoms with Crippen LogP contribution in [0.15, 0.2) is 16.8 Å². The SMILES string of the molecule is CN=C(N)NC1=CCCC1.O=S(=O)(O)O. The molecule has 0 spiro atoms. The smallest absolute Gasteiger partial charge is 0.370 e. The van der Waals surface area contributed by atoms with Gasteiger partial charge in [0.1, 0.15) is 0 Å². The van der Waals surface area contributed by atoms with Crippen LogP contribution in [0.3, 0.4) is 0 Å². The molecule has 1 rings (SSSR count). The van der Waals surface area contributed by atoms with E-state index in [1.165, 1.54) is 18.5 Å². The molecule has 0 saturated heterocycles. The van der Waals surface area contributed by atoms with Gasteiger partial charge in [0, 0.05) is 12.7 Å². The molecule has 0 bridgehead atoms. The number of hydrogen-bond donors (Lipinski definition) is 4.